The molecule has 1 saturated heterocycles. The smallest absolute Gasteiger partial charge is 0.274 e. The van der Waals surface area contributed by atoms with E-state index in [2.05, 4.69) is 14.9 Å². The molecule has 0 saturated carbocycles. The third-order valence-electron chi connectivity index (χ3n) is 5.27. The summed E-state index contributed by atoms with van der Waals surface area (Å²) in [6.07, 6.45) is 3.28. The Bertz CT molecular complexity index is 885. The predicted octanol–water partition coefficient (Wildman–Crippen LogP) is 2.27. The maximum Gasteiger partial charge on any atom is 0.274 e. The highest BCUT2D eigenvalue weighted by atomic mass is 35.5. The number of hydrogen-bond acceptors (Lipinski definition) is 6. The number of piperazine rings is 1. The van der Waals surface area contributed by atoms with Crippen LogP contribution in [-0.4, -0.2) is 84.6 Å². The van der Waals surface area contributed by atoms with Gasteiger partial charge in [0.1, 0.15) is 5.69 Å². The molecule has 1 aromatic carbocycles. The number of rotatable bonds is 8. The van der Waals surface area contributed by atoms with Crippen molar-refractivity contribution < 1.29 is 14.3 Å². The van der Waals surface area contributed by atoms with Gasteiger partial charge in [-0.15, -0.1) is 0 Å². The van der Waals surface area contributed by atoms with E-state index in [9.17, 15) is 9.59 Å². The van der Waals surface area contributed by atoms with E-state index in [0.717, 1.165) is 24.5 Å². The first-order valence-electron chi connectivity index (χ1n) is 10.3. The summed E-state index contributed by atoms with van der Waals surface area (Å²) in [5, 5.41) is 0.716. The number of ether oxygens (including phenoxy) is 1. The number of carbonyl (C=O) groups excluding carboxylic acids is 2. The fraction of sp³-hybridized carbons (Fsp3) is 0.455. The van der Waals surface area contributed by atoms with E-state index in [1.54, 1.807) is 18.2 Å². The molecule has 1 aliphatic heterocycles. The van der Waals surface area contributed by atoms with Crippen molar-refractivity contribution in [1.82, 2.24) is 19.8 Å². The lowest BCUT2D eigenvalue weighted by Gasteiger charge is -2.36. The summed E-state index contributed by atoms with van der Waals surface area (Å²) in [6.45, 7) is 5.59. The standard InChI is InChI=1S/C22H28ClN5O3/c1-17-15-25-19(16-24-17)22(30)28(13-14-31-2)8-7-21(29)27-11-9-26(10-12-27)20-6-4-3-5-18(20)23/h3-6,15-16H,7-14H2,1-2H3. The van der Waals surface area contributed by atoms with Crippen LogP contribution in [0.15, 0.2) is 36.7 Å². The predicted molar refractivity (Wildman–Crippen MR) is 119 cm³/mol. The van der Waals surface area contributed by atoms with Crippen LogP contribution in [0.5, 0.6) is 0 Å². The number of benzene rings is 1. The molecule has 1 aromatic heterocycles. The van der Waals surface area contributed by atoms with Crippen LogP contribution in [0, 0.1) is 6.92 Å². The minimum atomic E-state index is -0.249. The Balaban J connectivity index is 1.54. The number of hydrogen-bond donors (Lipinski definition) is 0. The average molecular weight is 446 g/mol. The highest BCUT2D eigenvalue weighted by Gasteiger charge is 2.24. The molecule has 0 radical (unpaired) electrons. The molecule has 0 spiro atoms. The first-order chi connectivity index (χ1) is 15.0. The second kappa shape index (κ2) is 11.1. The Morgan fingerprint density at radius 2 is 1.84 bits per heavy atom. The van der Waals surface area contributed by atoms with Gasteiger partial charge in [-0.05, 0) is 19.1 Å². The van der Waals surface area contributed by atoms with E-state index in [0.29, 0.717) is 37.8 Å². The van der Waals surface area contributed by atoms with Crippen LogP contribution in [-0.2, 0) is 9.53 Å². The molecular weight excluding hydrogens is 418 g/mol. The van der Waals surface area contributed by atoms with E-state index < -0.39 is 0 Å². The normalized spacial score (nSPS) is 13.9. The molecule has 31 heavy (non-hydrogen) atoms. The molecule has 9 heteroatoms. The molecule has 1 aliphatic rings. The highest BCUT2D eigenvalue weighted by Crippen LogP contribution is 2.26. The zero-order valence-electron chi connectivity index (χ0n) is 18.0. The monoisotopic (exact) mass is 445 g/mol. The molecule has 0 unspecified atom stereocenters. The Morgan fingerprint density at radius 1 is 1.10 bits per heavy atom. The fourth-order valence-electron chi connectivity index (χ4n) is 3.48. The van der Waals surface area contributed by atoms with Crippen molar-refractivity contribution in [2.75, 3.05) is 57.9 Å². The summed E-state index contributed by atoms with van der Waals surface area (Å²) in [6, 6.07) is 7.73. The van der Waals surface area contributed by atoms with E-state index in [4.69, 9.17) is 16.3 Å². The number of nitrogens with zero attached hydrogens (tertiary/aromatic N) is 5. The van der Waals surface area contributed by atoms with Gasteiger partial charge in [0.25, 0.3) is 5.91 Å². The minimum Gasteiger partial charge on any atom is -0.383 e. The number of para-hydroxylation sites is 1. The Labute approximate surface area is 187 Å². The van der Waals surface area contributed by atoms with Gasteiger partial charge in [-0.1, -0.05) is 23.7 Å². The summed E-state index contributed by atoms with van der Waals surface area (Å²) >= 11 is 6.29. The average Bonchev–Trinajstić information content (AvgIpc) is 2.79. The maximum absolute atomic E-state index is 12.8. The lowest BCUT2D eigenvalue weighted by atomic mass is 10.2. The molecule has 0 bridgehead atoms. The molecule has 0 N–H and O–H groups in total. The largest absolute Gasteiger partial charge is 0.383 e. The van der Waals surface area contributed by atoms with Crippen molar-refractivity contribution in [3.63, 3.8) is 0 Å². The summed E-state index contributed by atoms with van der Waals surface area (Å²) in [7, 11) is 1.58. The maximum atomic E-state index is 12.8. The number of amides is 2. The molecule has 2 aromatic rings. The Hall–Kier alpha value is -2.71. The number of methoxy groups -OCH3 is 1. The number of aromatic nitrogens is 2. The van der Waals surface area contributed by atoms with Gasteiger partial charge >= 0.3 is 0 Å². The summed E-state index contributed by atoms with van der Waals surface area (Å²) in [4.78, 5) is 39.5. The van der Waals surface area contributed by atoms with E-state index in [1.165, 1.54) is 6.20 Å². The molecule has 0 aliphatic carbocycles. The van der Waals surface area contributed by atoms with Gasteiger partial charge in [0, 0.05) is 59.0 Å². The first-order valence-corrected chi connectivity index (χ1v) is 10.7. The van der Waals surface area contributed by atoms with E-state index in [-0.39, 0.29) is 23.9 Å². The molecule has 1 fully saturated rings. The number of carbonyl (C=O) groups is 2. The van der Waals surface area contributed by atoms with Crippen LogP contribution in [0.2, 0.25) is 5.02 Å². The third-order valence-corrected chi connectivity index (χ3v) is 5.59. The number of aryl methyl sites for hydroxylation is 1. The van der Waals surface area contributed by atoms with Gasteiger partial charge in [-0.2, -0.15) is 0 Å². The van der Waals surface area contributed by atoms with Crippen LogP contribution in [0.25, 0.3) is 0 Å². The van der Waals surface area contributed by atoms with Crippen molar-refractivity contribution in [3.05, 3.63) is 53.1 Å². The fourth-order valence-corrected chi connectivity index (χ4v) is 3.73. The Morgan fingerprint density at radius 3 is 2.48 bits per heavy atom. The SMILES string of the molecule is COCCN(CCC(=O)N1CCN(c2ccccc2Cl)CC1)C(=O)c1cnc(C)cn1. The second-order valence-corrected chi connectivity index (χ2v) is 7.80. The summed E-state index contributed by atoms with van der Waals surface area (Å²) in [5.74, 6) is -0.218. The number of anilines is 1. The molecule has 166 valence electrons. The topological polar surface area (TPSA) is 78.9 Å². The van der Waals surface area contributed by atoms with Gasteiger partial charge in [-0.25, -0.2) is 4.98 Å². The lowest BCUT2D eigenvalue weighted by Crippen LogP contribution is -2.49. The molecule has 3 rings (SSSR count). The summed E-state index contributed by atoms with van der Waals surface area (Å²) < 4.78 is 5.12. The quantitative estimate of drug-likeness (QED) is 0.620. The molecule has 2 heterocycles. The van der Waals surface area contributed by atoms with Crippen LogP contribution in [0.4, 0.5) is 5.69 Å². The van der Waals surface area contributed by atoms with Gasteiger partial charge in [0.05, 0.1) is 29.2 Å². The van der Waals surface area contributed by atoms with Crippen LogP contribution in [0.3, 0.4) is 0 Å². The van der Waals surface area contributed by atoms with Crippen LogP contribution in [0.1, 0.15) is 22.6 Å². The zero-order chi connectivity index (χ0) is 22.2. The zero-order valence-corrected chi connectivity index (χ0v) is 18.7. The van der Waals surface area contributed by atoms with E-state index in [1.807, 2.05) is 36.1 Å². The van der Waals surface area contributed by atoms with Gasteiger partial charge in [-0.3, -0.25) is 14.6 Å². The second-order valence-electron chi connectivity index (χ2n) is 7.40. The molecule has 0 atom stereocenters. The van der Waals surface area contributed by atoms with E-state index >= 15 is 0 Å². The lowest BCUT2D eigenvalue weighted by molar-refractivity contribution is -0.131. The Kier molecular flexibility index (Phi) is 8.20. The van der Waals surface area contributed by atoms with Gasteiger partial charge < -0.3 is 19.4 Å². The highest BCUT2D eigenvalue weighted by molar-refractivity contribution is 6.33. The molecular formula is C22H28ClN5O3. The van der Waals surface area contributed by atoms with Crippen molar-refractivity contribution in [1.29, 1.82) is 0 Å². The van der Waals surface area contributed by atoms with Crippen molar-refractivity contribution in [3.8, 4) is 0 Å². The third kappa shape index (κ3) is 6.15. The van der Waals surface area contributed by atoms with Crippen LogP contribution < -0.4 is 4.90 Å². The van der Waals surface area contributed by atoms with Crippen molar-refractivity contribution in [2.24, 2.45) is 0 Å². The first kappa shape index (κ1) is 23.0. The van der Waals surface area contributed by atoms with Crippen molar-refractivity contribution >= 4 is 29.1 Å². The molecule has 2 amide bonds. The van der Waals surface area contributed by atoms with Crippen molar-refractivity contribution in [2.45, 2.75) is 13.3 Å². The summed E-state index contributed by atoms with van der Waals surface area (Å²) in [5.41, 5.74) is 2.00. The van der Waals surface area contributed by atoms with Gasteiger partial charge in [0.2, 0.25) is 5.91 Å². The minimum absolute atomic E-state index is 0.0315. The van der Waals surface area contributed by atoms with Gasteiger partial charge in [0.15, 0.2) is 0 Å². The van der Waals surface area contributed by atoms with Crippen LogP contribution >= 0.6 is 11.6 Å². The molecule has 8 nitrogen and oxygen atoms in total. The number of halogens is 1.